The van der Waals surface area contributed by atoms with Crippen LogP contribution in [0.1, 0.15) is 88.1 Å². The molecule has 5 rings (SSSR count). The van der Waals surface area contributed by atoms with Gasteiger partial charge in [-0.05, 0) is 102 Å². The highest BCUT2D eigenvalue weighted by Crippen LogP contribution is 2.36. The Morgan fingerprint density at radius 1 is 0.667 bits per heavy atom. The van der Waals surface area contributed by atoms with Crippen LogP contribution in [0.25, 0.3) is 32.3 Å². The first-order valence-corrected chi connectivity index (χ1v) is 22.4. The highest BCUT2D eigenvalue weighted by Gasteiger charge is 2.48. The number of nitrogens with one attached hydrogen (secondary N) is 7. The second kappa shape index (κ2) is 20.5. The van der Waals surface area contributed by atoms with E-state index in [-0.39, 0.29) is 29.6 Å². The highest BCUT2D eigenvalue weighted by atomic mass is 16.5. The molecule has 0 aromatic heterocycles. The van der Waals surface area contributed by atoms with E-state index in [1.165, 1.54) is 5.39 Å². The van der Waals surface area contributed by atoms with E-state index in [1.807, 2.05) is 27.7 Å². The van der Waals surface area contributed by atoms with Crippen LogP contribution in [0.2, 0.25) is 0 Å². The molecule has 1 aliphatic heterocycles. The van der Waals surface area contributed by atoms with Gasteiger partial charge in [0.15, 0.2) is 0 Å². The first-order valence-electron chi connectivity index (χ1n) is 22.4. The minimum absolute atomic E-state index is 0.0378. The molecule has 5 amide bonds. The molecule has 4 aromatic rings. The molecule has 1 saturated heterocycles. The molecule has 63 heavy (non-hydrogen) atoms. The maximum absolute atomic E-state index is 14.1. The molecule has 14 nitrogen and oxygen atoms in total. The number of hydrogen-bond donors (Lipinski definition) is 7. The van der Waals surface area contributed by atoms with Crippen molar-refractivity contribution < 1.29 is 33.5 Å². The highest BCUT2D eigenvalue weighted by molar-refractivity contribution is 6.23. The van der Waals surface area contributed by atoms with Crippen molar-refractivity contribution in [2.45, 2.75) is 143 Å². The lowest BCUT2D eigenvalue weighted by Crippen LogP contribution is -2.61. The van der Waals surface area contributed by atoms with Crippen molar-refractivity contribution >= 4 is 68.1 Å². The standard InChI is InChI=1S/C49H69N7O7/c1-25(2)22-36(52-43(58)35(50-12)23-33-19-18-32-17-16-30-14-13-15-31-20-21-34(33)39(32)38(30)31)44(59)54-41(28(7)8)46(61)55-40(27(5)6)45(60)51-29(9)48-56-42(49(10,11)63-48)47(62)53-37(24-57)26(3)4/h13-21,24-29,35-37,40-42,48,50,56H,22-23H2,1-12H3,(H,51,60)(H,52,58)(H,53,62)(H,54,59)(H,55,61). The topological polar surface area (TPSA) is 196 Å². The van der Waals surface area contributed by atoms with Gasteiger partial charge < -0.3 is 41.4 Å². The summed E-state index contributed by atoms with van der Waals surface area (Å²) in [6.07, 6.45) is 0.675. The first-order chi connectivity index (χ1) is 29.7. The first kappa shape index (κ1) is 48.8. The van der Waals surface area contributed by atoms with Gasteiger partial charge in [0.05, 0.1) is 23.7 Å². The van der Waals surface area contributed by atoms with Crippen LogP contribution in [0.5, 0.6) is 0 Å². The number of rotatable bonds is 20. The summed E-state index contributed by atoms with van der Waals surface area (Å²) in [5.74, 6) is -3.00. The van der Waals surface area contributed by atoms with E-state index in [4.69, 9.17) is 4.74 Å². The van der Waals surface area contributed by atoms with Gasteiger partial charge in [-0.15, -0.1) is 0 Å². The van der Waals surface area contributed by atoms with E-state index in [2.05, 4.69) is 91.8 Å². The third kappa shape index (κ3) is 11.3. The third-order valence-corrected chi connectivity index (χ3v) is 12.3. The number of carbonyl (C=O) groups is 6. The molecule has 7 N–H and O–H groups in total. The molecule has 0 radical (unpaired) electrons. The maximum atomic E-state index is 14.1. The van der Waals surface area contributed by atoms with Crippen molar-refractivity contribution in [2.24, 2.45) is 23.7 Å². The van der Waals surface area contributed by atoms with Crippen LogP contribution in [0.3, 0.4) is 0 Å². The van der Waals surface area contributed by atoms with Gasteiger partial charge in [0.1, 0.15) is 36.7 Å². The number of carbonyl (C=O) groups excluding carboxylic acids is 6. The summed E-state index contributed by atoms with van der Waals surface area (Å²) >= 11 is 0. The van der Waals surface area contributed by atoms with Crippen molar-refractivity contribution in [2.75, 3.05) is 7.05 Å². The Kier molecular flexibility index (Phi) is 15.9. The van der Waals surface area contributed by atoms with Crippen molar-refractivity contribution in [1.82, 2.24) is 37.2 Å². The van der Waals surface area contributed by atoms with Crippen molar-refractivity contribution in [1.29, 1.82) is 0 Å². The largest absolute Gasteiger partial charge is 0.353 e. The minimum Gasteiger partial charge on any atom is -0.353 e. The van der Waals surface area contributed by atoms with Gasteiger partial charge >= 0.3 is 0 Å². The van der Waals surface area contributed by atoms with Crippen molar-refractivity contribution in [3.05, 3.63) is 60.2 Å². The lowest BCUT2D eigenvalue weighted by Gasteiger charge is -2.30. The molecule has 0 bridgehead atoms. The van der Waals surface area contributed by atoms with Crippen LogP contribution in [0, 0.1) is 23.7 Å². The van der Waals surface area contributed by atoms with Crippen LogP contribution in [-0.2, 0) is 39.9 Å². The van der Waals surface area contributed by atoms with Crippen molar-refractivity contribution in [3.63, 3.8) is 0 Å². The number of hydrogen-bond acceptors (Lipinski definition) is 9. The molecule has 1 heterocycles. The fourth-order valence-electron chi connectivity index (χ4n) is 8.49. The molecule has 342 valence electrons. The second-order valence-corrected chi connectivity index (χ2v) is 19.2. The van der Waals surface area contributed by atoms with Gasteiger partial charge in [0, 0.05) is 0 Å². The van der Waals surface area contributed by atoms with Crippen molar-refractivity contribution in [3.8, 4) is 0 Å². The van der Waals surface area contributed by atoms with Crippen LogP contribution in [0.15, 0.2) is 54.6 Å². The van der Waals surface area contributed by atoms with E-state index in [0.29, 0.717) is 19.1 Å². The predicted octanol–water partition coefficient (Wildman–Crippen LogP) is 4.46. The number of aldehydes is 1. The van der Waals surface area contributed by atoms with Gasteiger partial charge in [-0.25, -0.2) is 0 Å². The lowest BCUT2D eigenvalue weighted by molar-refractivity contribution is -0.136. The number of amides is 5. The quantitative estimate of drug-likeness (QED) is 0.0496. The van der Waals surface area contributed by atoms with Crippen LogP contribution in [-0.4, -0.2) is 97.0 Å². The molecule has 8 unspecified atom stereocenters. The molecule has 4 aromatic carbocycles. The Morgan fingerprint density at radius 3 is 1.76 bits per heavy atom. The van der Waals surface area contributed by atoms with Crippen LogP contribution in [0.4, 0.5) is 0 Å². The van der Waals surface area contributed by atoms with Crippen LogP contribution < -0.4 is 37.2 Å². The molecule has 1 fully saturated rings. The number of ether oxygens (including phenoxy) is 1. The van der Waals surface area contributed by atoms with Gasteiger partial charge in [0.2, 0.25) is 29.5 Å². The van der Waals surface area contributed by atoms with Gasteiger partial charge in [-0.3, -0.25) is 29.3 Å². The monoisotopic (exact) mass is 868 g/mol. The SMILES string of the molecule is CNC(Cc1ccc2ccc3cccc4ccc1c2c34)C(=O)NC(CC(C)C)C(=O)NC(C(=O)NC(C(=O)NC(C)C1NC(C(=O)NC(C=O)C(C)C)C(C)(C)O1)C(C)C)C(C)C. The molecular formula is C49H69N7O7. The Balaban J connectivity index is 1.24. The lowest BCUT2D eigenvalue weighted by atomic mass is 9.90. The normalized spacial score (nSPS) is 19.2. The van der Waals surface area contributed by atoms with Gasteiger partial charge in [-0.2, -0.15) is 0 Å². The maximum Gasteiger partial charge on any atom is 0.243 e. The molecule has 14 heteroatoms. The Labute approximate surface area is 371 Å². The second-order valence-electron chi connectivity index (χ2n) is 19.2. The van der Waals surface area contributed by atoms with E-state index >= 15 is 0 Å². The smallest absolute Gasteiger partial charge is 0.243 e. The third-order valence-electron chi connectivity index (χ3n) is 12.3. The van der Waals surface area contributed by atoms with E-state index < -0.39 is 77.8 Å². The summed E-state index contributed by atoms with van der Waals surface area (Å²) in [5, 5.41) is 27.7. The molecule has 8 atom stereocenters. The van der Waals surface area contributed by atoms with Gasteiger partial charge in [0.25, 0.3) is 0 Å². The minimum atomic E-state index is -1.02. The molecular weight excluding hydrogens is 799 g/mol. The number of benzene rings is 4. The molecule has 0 saturated carbocycles. The summed E-state index contributed by atoms with van der Waals surface area (Å²) in [7, 11) is 1.73. The zero-order valence-electron chi connectivity index (χ0n) is 39.0. The average molecular weight is 868 g/mol. The number of likely N-dealkylation sites (N-methyl/N-ethyl adjacent to an activating group) is 1. The average Bonchev–Trinajstić information content (AvgIpc) is 3.56. The summed E-state index contributed by atoms with van der Waals surface area (Å²) in [6, 6.07) is 13.2. The Morgan fingerprint density at radius 2 is 1.21 bits per heavy atom. The molecule has 0 aliphatic carbocycles. The summed E-state index contributed by atoms with van der Waals surface area (Å²) < 4.78 is 6.18. The molecule has 1 aliphatic rings. The fourth-order valence-corrected chi connectivity index (χ4v) is 8.49. The predicted molar refractivity (Wildman–Crippen MR) is 248 cm³/mol. The molecule has 0 spiro atoms. The van der Waals surface area contributed by atoms with Gasteiger partial charge in [-0.1, -0.05) is 110 Å². The zero-order valence-corrected chi connectivity index (χ0v) is 39.0. The Bertz CT molecular complexity index is 2260. The zero-order chi connectivity index (χ0) is 46.5. The summed E-state index contributed by atoms with van der Waals surface area (Å²) in [5.41, 5.74) is 0.0476. The van der Waals surface area contributed by atoms with E-state index in [1.54, 1.807) is 55.5 Å². The van der Waals surface area contributed by atoms with E-state index in [0.717, 1.165) is 32.5 Å². The van der Waals surface area contributed by atoms with Crippen LogP contribution >= 0.6 is 0 Å². The fraction of sp³-hybridized carbons (Fsp3) is 0.551. The Hall–Kier alpha value is -5.18. The summed E-state index contributed by atoms with van der Waals surface area (Å²) in [6.45, 7) is 20.1. The van der Waals surface area contributed by atoms with E-state index in [9.17, 15) is 28.8 Å². The summed E-state index contributed by atoms with van der Waals surface area (Å²) in [4.78, 5) is 80.6.